The Balaban J connectivity index is 1.41. The molecule has 11 nitrogen and oxygen atoms in total. The average molecular weight is 643 g/mol. The fourth-order valence-electron chi connectivity index (χ4n) is 5.50. The number of nitrogens with two attached hydrogens (primary N) is 1. The standard InChI is InChI=1S/C28H32F6N8O3/c1-26(2,28(32,33)34)25(44)41-12-18(29)19(13-41)39-23(43)17-8-15(10-36-24(17)45-3)20-9-16(21-22(35)37-14-38-42(20)21)11-40-6-4-27(30,31)5-7-40/h8-10,14,18-19H,4-7,11-13H2,1-3H3,(H,39,43)(H2,35,37,38)/t18-,19+/m0/s1. The maximum absolute atomic E-state index is 14.9. The third-order valence-corrected chi connectivity index (χ3v) is 8.32. The minimum absolute atomic E-state index is 0.111. The molecule has 0 radical (unpaired) electrons. The molecular formula is C28H32F6N8O3. The Bertz CT molecular complexity index is 1600. The summed E-state index contributed by atoms with van der Waals surface area (Å²) in [5.74, 6) is -4.81. The SMILES string of the molecule is COc1ncc(-c2cc(CN3CCC(F)(F)CC3)c3c(N)ncnn23)cc1C(=O)N[C@@H]1CN(C(=O)C(C)(C)C(F)(F)F)C[C@@H]1F. The second-order valence-corrected chi connectivity index (χ2v) is 11.8. The highest BCUT2D eigenvalue weighted by Gasteiger charge is 2.55. The van der Waals surface area contributed by atoms with Gasteiger partial charge in [0.25, 0.3) is 11.8 Å². The van der Waals surface area contributed by atoms with Crippen LogP contribution in [0, 0.1) is 5.41 Å². The maximum atomic E-state index is 14.9. The summed E-state index contributed by atoms with van der Waals surface area (Å²) in [5, 5.41) is 6.74. The molecule has 5 heterocycles. The van der Waals surface area contributed by atoms with E-state index in [1.807, 2.05) is 4.90 Å². The number of carbonyl (C=O) groups is 2. The Morgan fingerprint density at radius 3 is 2.47 bits per heavy atom. The molecule has 0 aromatic carbocycles. The van der Waals surface area contributed by atoms with Crippen LogP contribution in [0.4, 0.5) is 32.2 Å². The molecule has 3 N–H and O–H groups in total. The third-order valence-electron chi connectivity index (χ3n) is 8.32. The molecule has 0 bridgehead atoms. The van der Waals surface area contributed by atoms with E-state index in [-0.39, 0.29) is 49.7 Å². The topological polar surface area (TPSA) is 131 Å². The van der Waals surface area contributed by atoms with Gasteiger partial charge in [-0.15, -0.1) is 0 Å². The highest BCUT2D eigenvalue weighted by Crippen LogP contribution is 2.40. The number of amides is 2. The number of fused-ring (bicyclic) bond motifs is 1. The smallest absolute Gasteiger partial charge is 0.402 e. The lowest BCUT2D eigenvalue weighted by Gasteiger charge is -2.31. The van der Waals surface area contributed by atoms with Gasteiger partial charge in [0.2, 0.25) is 11.8 Å². The Labute approximate surface area is 253 Å². The lowest BCUT2D eigenvalue weighted by atomic mass is 9.91. The fraction of sp³-hybridized carbons (Fsp3) is 0.536. The van der Waals surface area contributed by atoms with Gasteiger partial charge in [0.1, 0.15) is 29.0 Å². The van der Waals surface area contributed by atoms with Gasteiger partial charge >= 0.3 is 6.18 Å². The van der Waals surface area contributed by atoms with Crippen molar-refractivity contribution in [1.29, 1.82) is 0 Å². The summed E-state index contributed by atoms with van der Waals surface area (Å²) < 4.78 is 89.3. The van der Waals surface area contributed by atoms with E-state index in [0.717, 1.165) is 18.7 Å². The molecule has 3 aromatic heterocycles. The van der Waals surface area contributed by atoms with Crippen LogP contribution >= 0.6 is 0 Å². The molecular weight excluding hydrogens is 610 g/mol. The molecule has 2 saturated heterocycles. The molecule has 0 spiro atoms. The summed E-state index contributed by atoms with van der Waals surface area (Å²) in [7, 11) is 1.27. The van der Waals surface area contributed by atoms with Crippen molar-refractivity contribution in [1.82, 2.24) is 34.7 Å². The largest absolute Gasteiger partial charge is 0.480 e. The van der Waals surface area contributed by atoms with Crippen molar-refractivity contribution in [2.75, 3.05) is 39.0 Å². The van der Waals surface area contributed by atoms with Gasteiger partial charge in [0.15, 0.2) is 5.82 Å². The lowest BCUT2D eigenvalue weighted by molar-refractivity contribution is -0.216. The third kappa shape index (κ3) is 6.21. The number of hydrogen-bond acceptors (Lipinski definition) is 8. The normalized spacial score (nSPS) is 20.9. The average Bonchev–Trinajstić information content (AvgIpc) is 3.53. The van der Waals surface area contributed by atoms with E-state index in [2.05, 4.69) is 20.4 Å². The minimum Gasteiger partial charge on any atom is -0.480 e. The molecule has 2 aliphatic heterocycles. The van der Waals surface area contributed by atoms with Crippen molar-refractivity contribution in [3.8, 4) is 17.1 Å². The van der Waals surface area contributed by atoms with Crippen LogP contribution in [0.15, 0.2) is 24.7 Å². The quantitative estimate of drug-likeness (QED) is 0.375. The van der Waals surface area contributed by atoms with E-state index in [4.69, 9.17) is 10.5 Å². The van der Waals surface area contributed by atoms with Crippen molar-refractivity contribution >= 4 is 23.1 Å². The molecule has 0 unspecified atom stereocenters. The monoisotopic (exact) mass is 642 g/mol. The zero-order valence-corrected chi connectivity index (χ0v) is 24.7. The predicted octanol–water partition coefficient (Wildman–Crippen LogP) is 3.48. The molecule has 45 heavy (non-hydrogen) atoms. The summed E-state index contributed by atoms with van der Waals surface area (Å²) in [6.45, 7) is 0.991. The summed E-state index contributed by atoms with van der Waals surface area (Å²) in [6.07, 6.45) is -4.58. The van der Waals surface area contributed by atoms with Gasteiger partial charge in [-0.2, -0.15) is 18.3 Å². The number of halogens is 6. The molecule has 2 atom stereocenters. The first-order chi connectivity index (χ1) is 21.0. The highest BCUT2D eigenvalue weighted by atomic mass is 19.4. The van der Waals surface area contributed by atoms with Gasteiger partial charge < -0.3 is 20.7 Å². The number of ether oxygens (including phenoxy) is 1. The second kappa shape index (κ2) is 11.7. The zero-order chi connectivity index (χ0) is 32.9. The lowest BCUT2D eigenvalue weighted by Crippen LogP contribution is -2.49. The molecule has 2 fully saturated rings. The van der Waals surface area contributed by atoms with E-state index in [1.165, 1.54) is 30.2 Å². The molecule has 5 rings (SSSR count). The number of methoxy groups -OCH3 is 1. The van der Waals surface area contributed by atoms with Crippen molar-refractivity contribution in [2.45, 2.75) is 57.5 Å². The van der Waals surface area contributed by atoms with Crippen LogP contribution in [0.1, 0.15) is 42.6 Å². The van der Waals surface area contributed by atoms with Crippen molar-refractivity contribution < 1.29 is 40.7 Å². The molecule has 0 aliphatic carbocycles. The fourth-order valence-corrected chi connectivity index (χ4v) is 5.50. The van der Waals surface area contributed by atoms with Crippen LogP contribution in [0.25, 0.3) is 16.8 Å². The van der Waals surface area contributed by atoms with Gasteiger partial charge in [-0.3, -0.25) is 14.5 Å². The zero-order valence-electron chi connectivity index (χ0n) is 24.7. The van der Waals surface area contributed by atoms with Crippen LogP contribution in [-0.4, -0.2) is 98.8 Å². The van der Waals surface area contributed by atoms with Crippen LogP contribution < -0.4 is 15.8 Å². The first kappa shape index (κ1) is 32.2. The summed E-state index contributed by atoms with van der Waals surface area (Å²) in [5.41, 5.74) is 5.24. The first-order valence-corrected chi connectivity index (χ1v) is 14.1. The van der Waals surface area contributed by atoms with E-state index in [1.54, 1.807) is 6.07 Å². The number of nitrogens with one attached hydrogen (secondary N) is 1. The van der Waals surface area contributed by atoms with Crippen molar-refractivity contribution in [3.05, 3.63) is 35.8 Å². The van der Waals surface area contributed by atoms with Crippen molar-refractivity contribution in [2.24, 2.45) is 5.41 Å². The molecule has 3 aromatic rings. The summed E-state index contributed by atoms with van der Waals surface area (Å²) >= 11 is 0. The Kier molecular flexibility index (Phi) is 8.35. The van der Waals surface area contributed by atoms with Crippen LogP contribution in [0.3, 0.4) is 0 Å². The van der Waals surface area contributed by atoms with Crippen LogP contribution in [0.2, 0.25) is 0 Å². The Morgan fingerprint density at radius 2 is 1.82 bits per heavy atom. The number of pyridine rings is 1. The molecule has 244 valence electrons. The van der Waals surface area contributed by atoms with Gasteiger partial charge in [0.05, 0.1) is 25.4 Å². The number of aromatic nitrogens is 4. The molecule has 0 saturated carbocycles. The predicted molar refractivity (Wildman–Crippen MR) is 149 cm³/mol. The van der Waals surface area contributed by atoms with E-state index in [9.17, 15) is 35.9 Å². The number of likely N-dealkylation sites (tertiary alicyclic amines) is 2. The van der Waals surface area contributed by atoms with Gasteiger partial charge in [-0.05, 0) is 31.5 Å². The Hall–Kier alpha value is -4.15. The number of piperidine rings is 1. The number of alkyl halides is 6. The second-order valence-electron chi connectivity index (χ2n) is 11.8. The number of hydrogen-bond donors (Lipinski definition) is 2. The molecule has 17 heteroatoms. The number of nitrogens with zero attached hydrogens (tertiary/aromatic N) is 6. The summed E-state index contributed by atoms with van der Waals surface area (Å²) in [6, 6.07) is 1.87. The molecule has 2 aliphatic rings. The number of rotatable bonds is 7. The highest BCUT2D eigenvalue weighted by molar-refractivity contribution is 5.98. The van der Waals surface area contributed by atoms with Crippen LogP contribution in [-0.2, 0) is 11.3 Å². The number of carbonyl (C=O) groups excluding carboxylic acids is 2. The summed E-state index contributed by atoms with van der Waals surface area (Å²) in [4.78, 5) is 36.9. The minimum atomic E-state index is -4.85. The number of nitrogen functional groups attached to an aromatic ring is 1. The van der Waals surface area contributed by atoms with Gasteiger partial charge in [-0.25, -0.2) is 27.7 Å². The maximum Gasteiger partial charge on any atom is 0.402 e. The number of anilines is 1. The van der Waals surface area contributed by atoms with E-state index >= 15 is 0 Å². The van der Waals surface area contributed by atoms with Crippen molar-refractivity contribution in [3.63, 3.8) is 0 Å². The Morgan fingerprint density at radius 1 is 1.13 bits per heavy atom. The first-order valence-electron chi connectivity index (χ1n) is 14.1. The molecule has 2 amide bonds. The van der Waals surface area contributed by atoms with Gasteiger partial charge in [0, 0.05) is 50.8 Å². The van der Waals surface area contributed by atoms with Crippen LogP contribution in [0.5, 0.6) is 5.88 Å². The van der Waals surface area contributed by atoms with E-state index < -0.39 is 54.6 Å². The van der Waals surface area contributed by atoms with Gasteiger partial charge in [-0.1, -0.05) is 0 Å². The van der Waals surface area contributed by atoms with E-state index in [0.29, 0.717) is 22.3 Å².